The second-order valence-corrected chi connectivity index (χ2v) is 10.6. The zero-order valence-corrected chi connectivity index (χ0v) is 13.6. The summed E-state index contributed by atoms with van der Waals surface area (Å²) in [6.45, 7) is -1.32. The normalized spacial score (nSPS) is 65.5. The van der Waals surface area contributed by atoms with E-state index in [-0.39, 0.29) is 0 Å². The predicted molar refractivity (Wildman–Crippen MR) is 67.3 cm³/mol. The van der Waals surface area contributed by atoms with Crippen molar-refractivity contribution >= 4 is 20.5 Å². The summed E-state index contributed by atoms with van der Waals surface area (Å²) in [6, 6.07) is 0. The van der Waals surface area contributed by atoms with Crippen molar-refractivity contribution in [2.75, 3.05) is 6.61 Å². The molecule has 0 aromatic rings. The van der Waals surface area contributed by atoms with Gasteiger partial charge in [-0.15, -0.1) is 0 Å². The summed E-state index contributed by atoms with van der Waals surface area (Å²) in [5, 5.41) is 73.2. The van der Waals surface area contributed by atoms with Crippen molar-refractivity contribution in [3.63, 3.8) is 0 Å². The van der Waals surface area contributed by atoms with E-state index in [0.717, 1.165) is 0 Å². The number of hydrogen-bond donors (Lipinski definition) is 8. The van der Waals surface area contributed by atoms with Crippen molar-refractivity contribution in [3.05, 3.63) is 0 Å². The molecule has 4 rings (SSSR count). The van der Waals surface area contributed by atoms with Gasteiger partial charge in [-0.2, -0.15) is 0 Å². The van der Waals surface area contributed by atoms with Gasteiger partial charge < -0.3 is 45.4 Å². The highest BCUT2D eigenvalue weighted by Gasteiger charge is 3.11. The number of carbonyl (C=O) groups is 1. The molecule has 0 aromatic heterocycles. The van der Waals surface area contributed by atoms with Crippen LogP contribution in [0.2, 0.25) is 0 Å². The Bertz CT molecular complexity index is 808. The van der Waals surface area contributed by atoms with E-state index in [1.807, 2.05) is 0 Å². The van der Waals surface area contributed by atoms with Crippen LogP contribution < -0.4 is 0 Å². The summed E-state index contributed by atoms with van der Waals surface area (Å²) < 4.78 is 38.1. The fourth-order valence-corrected chi connectivity index (χ4v) is 9.44. The van der Waals surface area contributed by atoms with E-state index in [9.17, 15) is 49.7 Å². The Morgan fingerprint density at radius 1 is 1.04 bits per heavy atom. The van der Waals surface area contributed by atoms with Crippen molar-refractivity contribution in [1.82, 2.24) is 0 Å². The van der Waals surface area contributed by atoms with Crippen LogP contribution in [0.25, 0.3) is 0 Å². The van der Waals surface area contributed by atoms with Gasteiger partial charge in [-0.05, 0) is 0 Å². The SMILES string of the molecule is O=C(C(O)CO)P1(=O)[C@@]2(O)[C@]3(O)OP4(=O)O[C@]3(O)[C@@](O)(O4)[C@@H](O)[C@]21O. The van der Waals surface area contributed by atoms with Gasteiger partial charge in [0.1, 0.15) is 6.10 Å². The van der Waals surface area contributed by atoms with Crippen molar-refractivity contribution in [3.8, 4) is 0 Å². The predicted octanol–water partition coefficient (Wildman–Crippen LogP) is -4.75. The molecule has 142 valence electrons. The van der Waals surface area contributed by atoms with E-state index in [4.69, 9.17) is 5.11 Å². The Balaban J connectivity index is 2.00. The molecule has 0 spiro atoms. The molecule has 16 heteroatoms. The molecule has 3 heterocycles. The Morgan fingerprint density at radius 3 is 2.04 bits per heavy atom. The zero-order chi connectivity index (χ0) is 19.1. The minimum atomic E-state index is -5.44. The smallest absolute Gasteiger partial charge is 0.393 e. The lowest BCUT2D eigenvalue weighted by Gasteiger charge is -2.51. The number of carbonyl (C=O) groups excluding carboxylic acids is 1. The first kappa shape index (κ1) is 18.1. The third kappa shape index (κ3) is 1.27. The van der Waals surface area contributed by atoms with Gasteiger partial charge in [-0.3, -0.25) is 4.79 Å². The number of fused-ring (bicyclic) bond motifs is 3. The van der Waals surface area contributed by atoms with E-state index in [2.05, 4.69) is 13.6 Å². The second kappa shape index (κ2) is 4.08. The van der Waals surface area contributed by atoms with Gasteiger partial charge in [0.15, 0.2) is 6.10 Å². The van der Waals surface area contributed by atoms with Crippen molar-refractivity contribution in [2.45, 2.75) is 40.3 Å². The van der Waals surface area contributed by atoms with Gasteiger partial charge in [-0.25, -0.2) is 18.1 Å². The maximum absolute atomic E-state index is 13.0. The fourth-order valence-electron chi connectivity index (χ4n) is 3.76. The molecular weight excluding hydrogens is 394 g/mol. The number of rotatable bonds is 3. The number of aliphatic hydroxyl groups is 8. The van der Waals surface area contributed by atoms with E-state index in [1.165, 1.54) is 0 Å². The van der Waals surface area contributed by atoms with Crippen LogP contribution in [-0.4, -0.2) is 93.2 Å². The molecule has 3 aliphatic heterocycles. The fraction of sp³-hybridized carbons (Fsp3) is 0.889. The lowest BCUT2D eigenvalue weighted by Crippen LogP contribution is -2.82. The zero-order valence-electron chi connectivity index (χ0n) is 11.8. The minimum absolute atomic E-state index is 1.32. The lowest BCUT2D eigenvalue weighted by molar-refractivity contribution is -0.467. The quantitative estimate of drug-likeness (QED) is 0.205. The molecule has 9 atom stereocenters. The first-order valence-corrected chi connectivity index (χ1v) is 9.79. The van der Waals surface area contributed by atoms with E-state index in [1.54, 1.807) is 0 Å². The van der Waals surface area contributed by atoms with Crippen LogP contribution in [0.1, 0.15) is 0 Å². The minimum Gasteiger partial charge on any atom is -0.393 e. The van der Waals surface area contributed by atoms with E-state index >= 15 is 0 Å². The van der Waals surface area contributed by atoms with Crippen molar-refractivity contribution in [1.29, 1.82) is 0 Å². The molecule has 25 heavy (non-hydrogen) atoms. The largest absolute Gasteiger partial charge is 0.483 e. The third-order valence-corrected chi connectivity index (χ3v) is 10.3. The van der Waals surface area contributed by atoms with E-state index < -0.39 is 67.3 Å². The van der Waals surface area contributed by atoms with Crippen molar-refractivity contribution in [2.24, 2.45) is 0 Å². The monoisotopic (exact) mass is 406 g/mol. The molecule has 1 saturated carbocycles. The van der Waals surface area contributed by atoms with Crippen LogP contribution in [-0.2, 0) is 27.5 Å². The maximum atomic E-state index is 13.0. The molecule has 8 N–H and O–H groups in total. The van der Waals surface area contributed by atoms with Gasteiger partial charge in [-0.1, -0.05) is 0 Å². The van der Waals surface area contributed by atoms with Crippen LogP contribution in [0.4, 0.5) is 0 Å². The molecule has 4 aliphatic rings. The van der Waals surface area contributed by atoms with Gasteiger partial charge in [0.2, 0.25) is 23.4 Å². The average Bonchev–Trinajstić information content (AvgIpc) is 2.73. The molecule has 3 saturated heterocycles. The molecule has 2 bridgehead atoms. The van der Waals surface area contributed by atoms with Gasteiger partial charge in [0, 0.05) is 0 Å². The van der Waals surface area contributed by atoms with Crippen molar-refractivity contribution < 1.29 is 68.3 Å². The Labute approximate surface area is 136 Å². The molecule has 1 aliphatic carbocycles. The molecule has 14 nitrogen and oxygen atoms in total. The van der Waals surface area contributed by atoms with Crippen LogP contribution >= 0.6 is 15.0 Å². The topological polar surface area (TPSA) is 241 Å². The lowest BCUT2D eigenvalue weighted by atomic mass is 9.77. The van der Waals surface area contributed by atoms with Gasteiger partial charge >= 0.3 is 7.82 Å². The summed E-state index contributed by atoms with van der Waals surface area (Å²) in [7, 11) is -10.5. The maximum Gasteiger partial charge on any atom is 0.483 e. The standard InChI is InChI=1S/C9H12O14P2/c10-1-2(11)3(12)24(19)6(15)4(13)5(14)7(16)8(17,9(6,24)18)23-25(20,21-5)22-7/h2,4,10-11,13-18H,1H2/t2?,4-,5+,6-,7-,8-,9-,24?,25?/m1/s1. The summed E-state index contributed by atoms with van der Waals surface area (Å²) in [4.78, 5) is 12.1. The molecule has 0 aromatic carbocycles. The highest BCUT2D eigenvalue weighted by atomic mass is 31.2. The molecular formula is C9H12O14P2. The summed E-state index contributed by atoms with van der Waals surface area (Å²) in [6.07, 6.45) is -5.44. The Hall–Kier alpha value is -0.310. The van der Waals surface area contributed by atoms with Crippen LogP contribution in [0.3, 0.4) is 0 Å². The molecule has 4 fully saturated rings. The van der Waals surface area contributed by atoms with Gasteiger partial charge in [0.05, 0.1) is 6.61 Å². The summed E-state index contributed by atoms with van der Waals surface area (Å²) in [5.41, 5.74) is -1.91. The number of aliphatic hydroxyl groups excluding tert-OH is 3. The molecule has 3 unspecified atom stereocenters. The number of phosphoric acid groups is 1. The number of hydrogen-bond acceptors (Lipinski definition) is 14. The first-order valence-electron chi connectivity index (χ1n) is 6.63. The van der Waals surface area contributed by atoms with Crippen LogP contribution in [0.5, 0.6) is 0 Å². The summed E-state index contributed by atoms with van der Waals surface area (Å²) >= 11 is 0. The van der Waals surface area contributed by atoms with Crippen LogP contribution in [0.15, 0.2) is 0 Å². The van der Waals surface area contributed by atoms with Gasteiger partial charge in [0.25, 0.3) is 17.4 Å². The number of phosphoric ester groups is 1. The Kier molecular flexibility index (Phi) is 2.95. The first-order chi connectivity index (χ1) is 11.2. The second-order valence-electron chi connectivity index (χ2n) is 6.15. The molecule has 0 radical (unpaired) electrons. The van der Waals surface area contributed by atoms with E-state index in [0.29, 0.717) is 0 Å². The highest BCUT2D eigenvalue weighted by Crippen LogP contribution is 2.98. The summed E-state index contributed by atoms with van der Waals surface area (Å²) in [5.74, 6) is -11.2. The molecule has 0 amide bonds. The van der Waals surface area contributed by atoms with Crippen LogP contribution in [0, 0.1) is 0 Å². The highest BCUT2D eigenvalue weighted by molar-refractivity contribution is 7.90. The third-order valence-electron chi connectivity index (χ3n) is 5.08. The average molecular weight is 406 g/mol. The Morgan fingerprint density at radius 2 is 1.56 bits per heavy atom.